The Morgan fingerprint density at radius 3 is 0.635 bits per heavy atom. The average molecular weight is 685 g/mol. The second kappa shape index (κ2) is 10.3. The van der Waals surface area contributed by atoms with Gasteiger partial charge in [-0.3, -0.25) is 0 Å². The van der Waals surface area contributed by atoms with Gasteiger partial charge in [-0.15, -0.1) is 0 Å². The first-order chi connectivity index (χ1) is 24.2. The third-order valence-corrected chi connectivity index (χ3v) is 11.5. The Bertz CT molecular complexity index is 2370. The van der Waals surface area contributed by atoms with Crippen LogP contribution in [0, 0.1) is 0 Å². The molecule has 4 nitrogen and oxygen atoms in total. The Labute approximate surface area is 307 Å². The van der Waals surface area contributed by atoms with Crippen LogP contribution >= 0.6 is 0 Å². The molecule has 52 heavy (non-hydrogen) atoms. The van der Waals surface area contributed by atoms with E-state index in [1.807, 2.05) is 0 Å². The van der Waals surface area contributed by atoms with Crippen LogP contribution in [0.1, 0.15) is 105 Å². The van der Waals surface area contributed by atoms with Crippen LogP contribution in [0.3, 0.4) is 0 Å². The molecule has 0 unspecified atom stereocenters. The Morgan fingerprint density at radius 2 is 0.462 bits per heavy atom. The van der Waals surface area contributed by atoms with Gasteiger partial charge >= 0.3 is 0 Å². The van der Waals surface area contributed by atoms with E-state index in [0.29, 0.717) is 0 Å². The van der Waals surface area contributed by atoms with Crippen molar-refractivity contribution in [3.05, 3.63) is 95.1 Å². The molecule has 264 valence electrons. The van der Waals surface area contributed by atoms with Gasteiger partial charge in [0.15, 0.2) is 0 Å². The highest BCUT2D eigenvalue weighted by Crippen LogP contribution is 2.45. The van der Waals surface area contributed by atoms with Gasteiger partial charge in [0.2, 0.25) is 0 Å². The number of fused-ring (bicyclic) bond motifs is 8. The van der Waals surface area contributed by atoms with Gasteiger partial charge in [0, 0.05) is 66.6 Å². The third-order valence-electron chi connectivity index (χ3n) is 11.5. The number of hydrogen-bond donors (Lipinski definition) is 4. The van der Waals surface area contributed by atoms with E-state index in [4.69, 9.17) is 0 Å². The Kier molecular flexibility index (Phi) is 6.54. The Hall–Kier alpha value is -4.96. The first-order valence-corrected chi connectivity index (χ1v) is 18.9. The number of H-pyrrole nitrogens is 4. The molecule has 0 radical (unpaired) electrons. The Balaban J connectivity index is 1.48. The van der Waals surface area contributed by atoms with E-state index < -0.39 is 0 Å². The lowest BCUT2D eigenvalue weighted by Gasteiger charge is -2.20. The number of hydrogen-bond acceptors (Lipinski definition) is 0. The topological polar surface area (TPSA) is 63.2 Å². The fraction of sp³-hybridized carbons (Fsp3) is 0.333. The zero-order valence-electron chi connectivity index (χ0n) is 32.9. The van der Waals surface area contributed by atoms with Gasteiger partial charge in [-0.05, 0) is 117 Å². The first kappa shape index (κ1) is 32.9. The van der Waals surface area contributed by atoms with Crippen LogP contribution in [-0.4, -0.2) is 19.9 Å². The zero-order valence-corrected chi connectivity index (χ0v) is 32.9. The van der Waals surface area contributed by atoms with Gasteiger partial charge in [-0.2, -0.15) is 0 Å². The molecule has 0 spiro atoms. The fourth-order valence-corrected chi connectivity index (χ4v) is 8.14. The molecule has 8 bridgehead atoms. The minimum Gasteiger partial charge on any atom is -0.354 e. The van der Waals surface area contributed by atoms with Crippen molar-refractivity contribution in [3.63, 3.8) is 0 Å². The van der Waals surface area contributed by atoms with Crippen molar-refractivity contribution in [3.8, 4) is 45.0 Å². The van der Waals surface area contributed by atoms with Crippen LogP contribution in [0.2, 0.25) is 0 Å². The van der Waals surface area contributed by atoms with Crippen molar-refractivity contribution < 1.29 is 0 Å². The molecule has 0 fully saturated rings. The zero-order chi connectivity index (χ0) is 36.9. The number of aromatic nitrogens is 4. The van der Waals surface area contributed by atoms with E-state index >= 15 is 0 Å². The van der Waals surface area contributed by atoms with Gasteiger partial charge in [-0.25, -0.2) is 0 Å². The van der Waals surface area contributed by atoms with Crippen LogP contribution in [0.25, 0.3) is 88.6 Å². The number of rotatable bonds is 0. The molecule has 0 saturated carbocycles. The molecule has 4 N–H and O–H groups in total. The van der Waals surface area contributed by atoms with Crippen LogP contribution < -0.4 is 0 Å². The molecular weight excluding hydrogens is 633 g/mol. The normalized spacial score (nSPS) is 13.8. The second-order valence-electron chi connectivity index (χ2n) is 19.7. The predicted octanol–water partition coefficient (Wildman–Crippen LogP) is 13.8. The highest BCUT2D eigenvalue weighted by Gasteiger charge is 2.26. The summed E-state index contributed by atoms with van der Waals surface area (Å²) in [5.74, 6) is 0. The first-order valence-electron chi connectivity index (χ1n) is 18.9. The second-order valence-corrected chi connectivity index (χ2v) is 19.7. The largest absolute Gasteiger partial charge is 0.354 e. The lowest BCUT2D eigenvalue weighted by Crippen LogP contribution is -2.11. The minimum absolute atomic E-state index is 0.0174. The molecule has 0 amide bonds. The Morgan fingerprint density at radius 1 is 0.269 bits per heavy atom. The minimum atomic E-state index is -0.0174. The van der Waals surface area contributed by atoms with Gasteiger partial charge in [0.05, 0.1) is 22.1 Å². The molecule has 4 aromatic heterocycles. The molecule has 0 atom stereocenters. The standard InChI is InChI=1S/C48H52N4/c1-45(2,3)29-13-25-17-38-34-22-31(47(7,8)9)15-27-19-40(51-43(27)34)36-24-32(48(10,11)12)16-28-20-39(52-44(28)36)35-23-30(46(4,5)6)14-26-18-37(49-42(26)35)33(21-29)41(25)50-38/h13-24,49-52H,1-12H3. The third kappa shape index (κ3) is 5.09. The maximum atomic E-state index is 3.98. The monoisotopic (exact) mass is 684 g/mol. The van der Waals surface area contributed by atoms with Crippen LogP contribution in [0.5, 0.6) is 0 Å². The number of aromatic amines is 4. The summed E-state index contributed by atoms with van der Waals surface area (Å²) in [5, 5.41) is 4.91. The summed E-state index contributed by atoms with van der Waals surface area (Å²) in [6, 6.07) is 28.6. The lowest BCUT2D eigenvalue weighted by molar-refractivity contribution is 0.591. The summed E-state index contributed by atoms with van der Waals surface area (Å²) < 4.78 is 0. The average Bonchev–Trinajstić information content (AvgIpc) is 3.83. The molecule has 0 saturated heterocycles. The van der Waals surface area contributed by atoms with Crippen molar-refractivity contribution in [1.29, 1.82) is 0 Å². The van der Waals surface area contributed by atoms with Crippen molar-refractivity contribution >= 4 is 43.6 Å². The fourth-order valence-electron chi connectivity index (χ4n) is 8.14. The van der Waals surface area contributed by atoms with Crippen molar-refractivity contribution in [2.75, 3.05) is 0 Å². The van der Waals surface area contributed by atoms with Crippen molar-refractivity contribution in [2.24, 2.45) is 0 Å². The van der Waals surface area contributed by atoms with Gasteiger partial charge < -0.3 is 19.9 Å². The maximum Gasteiger partial charge on any atom is 0.0553 e. The van der Waals surface area contributed by atoms with Crippen LogP contribution in [0.15, 0.2) is 72.8 Å². The number of nitrogens with one attached hydrogen (secondary N) is 4. The van der Waals surface area contributed by atoms with E-state index in [1.54, 1.807) is 0 Å². The molecule has 4 aromatic carbocycles. The summed E-state index contributed by atoms with van der Waals surface area (Å²) in [7, 11) is 0. The molecular formula is C48H52N4. The van der Waals surface area contributed by atoms with E-state index in [2.05, 4.69) is 176 Å². The number of benzene rings is 4. The summed E-state index contributed by atoms with van der Waals surface area (Å²) in [5.41, 5.74) is 19.1. The highest BCUT2D eigenvalue weighted by molar-refractivity contribution is 6.08. The maximum absolute atomic E-state index is 3.98. The van der Waals surface area contributed by atoms with Gasteiger partial charge in [0.1, 0.15) is 0 Å². The quantitative estimate of drug-likeness (QED) is 0.123. The molecule has 0 aliphatic carbocycles. The molecule has 9 rings (SSSR count). The van der Waals surface area contributed by atoms with Crippen molar-refractivity contribution in [1.82, 2.24) is 19.9 Å². The summed E-state index contributed by atoms with van der Waals surface area (Å²) >= 11 is 0. The van der Waals surface area contributed by atoms with Gasteiger partial charge in [-0.1, -0.05) is 83.1 Å². The molecule has 4 heteroatoms. The lowest BCUT2D eigenvalue weighted by atomic mass is 9.84. The summed E-state index contributed by atoms with van der Waals surface area (Å²) in [6.45, 7) is 27.7. The summed E-state index contributed by atoms with van der Waals surface area (Å²) in [6.07, 6.45) is 0. The smallest absolute Gasteiger partial charge is 0.0553 e. The molecule has 1 aliphatic heterocycles. The SMILES string of the molecule is CC(C)(C)c1cc2c3[nH]c(cc3c1)-c1cc(C(C)(C)C)cc3cc([nH]c13)-c1cc(C(C)(C)C)cc3cc([nH]c13)-c1cc(C(C)(C)C)cc3cc-2[nH]c13. The molecule has 8 aromatic rings. The van der Waals surface area contributed by atoms with E-state index in [-0.39, 0.29) is 21.7 Å². The highest BCUT2D eigenvalue weighted by atomic mass is 14.8. The van der Waals surface area contributed by atoms with E-state index in [0.717, 1.165) is 44.8 Å². The predicted molar refractivity (Wildman–Crippen MR) is 224 cm³/mol. The van der Waals surface area contributed by atoms with Crippen molar-refractivity contribution in [2.45, 2.75) is 105 Å². The van der Waals surface area contributed by atoms with E-state index in [1.165, 1.54) is 66.1 Å². The van der Waals surface area contributed by atoms with Crippen LogP contribution in [0.4, 0.5) is 0 Å². The summed E-state index contributed by atoms with van der Waals surface area (Å²) in [4.78, 5) is 15.9. The van der Waals surface area contributed by atoms with Crippen LogP contribution in [-0.2, 0) is 21.7 Å². The molecule has 1 aliphatic rings. The van der Waals surface area contributed by atoms with Gasteiger partial charge in [0.25, 0.3) is 0 Å². The van der Waals surface area contributed by atoms with E-state index in [9.17, 15) is 0 Å². The molecule has 5 heterocycles.